The van der Waals surface area contributed by atoms with Crippen LogP contribution in [0.1, 0.15) is 11.7 Å². The summed E-state index contributed by atoms with van der Waals surface area (Å²) in [5.41, 5.74) is 0.847. The van der Waals surface area contributed by atoms with Crippen molar-refractivity contribution < 1.29 is 5.11 Å². The zero-order valence-corrected chi connectivity index (χ0v) is 7.24. The fourth-order valence-corrected chi connectivity index (χ4v) is 1.08. The minimum absolute atomic E-state index is 0.436. The highest BCUT2D eigenvalue weighted by Crippen LogP contribution is 2.12. The third kappa shape index (κ3) is 1.58. The molecule has 1 aromatic rings. The first kappa shape index (κ1) is 7.75. The number of nitrogens with zero attached hydrogens (tertiary/aromatic N) is 2. The van der Waals surface area contributed by atoms with Gasteiger partial charge in [-0.1, -0.05) is 15.9 Å². The summed E-state index contributed by atoms with van der Waals surface area (Å²) in [4.78, 5) is 0. The first-order chi connectivity index (χ1) is 4.74. The molecule has 0 fully saturated rings. The molecule has 1 atom stereocenters. The Labute approximate surface area is 67.8 Å². The van der Waals surface area contributed by atoms with Gasteiger partial charge in [-0.15, -0.1) is 0 Å². The van der Waals surface area contributed by atoms with E-state index in [9.17, 15) is 5.11 Å². The van der Waals surface area contributed by atoms with Crippen molar-refractivity contribution in [1.82, 2.24) is 9.78 Å². The molecule has 0 aliphatic heterocycles. The molecule has 1 aromatic heterocycles. The lowest BCUT2D eigenvalue weighted by Crippen LogP contribution is -1.95. The van der Waals surface area contributed by atoms with Crippen LogP contribution in [0.2, 0.25) is 0 Å². The molecular weight excluding hydrogens is 196 g/mol. The van der Waals surface area contributed by atoms with Gasteiger partial charge in [0.15, 0.2) is 0 Å². The van der Waals surface area contributed by atoms with Gasteiger partial charge in [0.2, 0.25) is 0 Å². The van der Waals surface area contributed by atoms with Crippen LogP contribution in [0.5, 0.6) is 0 Å². The van der Waals surface area contributed by atoms with Crippen LogP contribution in [0.15, 0.2) is 12.4 Å². The molecule has 0 unspecified atom stereocenters. The van der Waals surface area contributed by atoms with E-state index in [-0.39, 0.29) is 0 Å². The van der Waals surface area contributed by atoms with Crippen LogP contribution in [0, 0.1) is 0 Å². The summed E-state index contributed by atoms with van der Waals surface area (Å²) in [5, 5.41) is 13.7. The van der Waals surface area contributed by atoms with E-state index in [2.05, 4.69) is 21.0 Å². The van der Waals surface area contributed by atoms with Gasteiger partial charge in [0, 0.05) is 24.1 Å². The SMILES string of the molecule is Cn1cc([C@@H](O)CBr)cn1. The lowest BCUT2D eigenvalue weighted by atomic mass is 10.2. The van der Waals surface area contributed by atoms with Crippen molar-refractivity contribution in [2.75, 3.05) is 5.33 Å². The number of halogens is 1. The molecule has 4 heteroatoms. The number of hydrogen-bond acceptors (Lipinski definition) is 2. The molecule has 0 amide bonds. The van der Waals surface area contributed by atoms with Gasteiger partial charge in [0.05, 0.1) is 12.3 Å². The van der Waals surface area contributed by atoms with Crippen LogP contribution in [0.25, 0.3) is 0 Å². The Morgan fingerprint density at radius 2 is 2.60 bits per heavy atom. The van der Waals surface area contributed by atoms with Gasteiger partial charge in [-0.2, -0.15) is 5.10 Å². The van der Waals surface area contributed by atoms with Crippen LogP contribution >= 0.6 is 15.9 Å². The number of aliphatic hydroxyl groups excluding tert-OH is 1. The highest BCUT2D eigenvalue weighted by molar-refractivity contribution is 9.09. The van der Waals surface area contributed by atoms with Gasteiger partial charge in [-0.25, -0.2) is 0 Å². The number of aliphatic hydroxyl groups is 1. The van der Waals surface area contributed by atoms with Gasteiger partial charge in [0.1, 0.15) is 0 Å². The van der Waals surface area contributed by atoms with Crippen molar-refractivity contribution in [2.24, 2.45) is 7.05 Å². The largest absolute Gasteiger partial charge is 0.387 e. The van der Waals surface area contributed by atoms with Crippen LogP contribution in [-0.4, -0.2) is 20.2 Å². The van der Waals surface area contributed by atoms with Crippen LogP contribution in [0.3, 0.4) is 0 Å². The molecule has 1 N–H and O–H groups in total. The zero-order valence-electron chi connectivity index (χ0n) is 5.66. The molecule has 1 rings (SSSR count). The van der Waals surface area contributed by atoms with Gasteiger partial charge in [-0.05, 0) is 0 Å². The van der Waals surface area contributed by atoms with Gasteiger partial charge in [-0.3, -0.25) is 4.68 Å². The maximum atomic E-state index is 9.24. The van der Waals surface area contributed by atoms with Crippen LogP contribution < -0.4 is 0 Å². The summed E-state index contributed by atoms with van der Waals surface area (Å²) in [6, 6.07) is 0. The summed E-state index contributed by atoms with van der Waals surface area (Å²) in [6.07, 6.45) is 3.02. The molecular formula is C6H9BrN2O. The molecule has 0 spiro atoms. The Morgan fingerprint density at radius 3 is 3.00 bits per heavy atom. The van der Waals surface area contributed by atoms with Crippen LogP contribution in [0.4, 0.5) is 0 Å². The third-order valence-electron chi connectivity index (χ3n) is 1.26. The lowest BCUT2D eigenvalue weighted by molar-refractivity contribution is 0.205. The first-order valence-corrected chi connectivity index (χ1v) is 4.08. The molecule has 0 saturated carbocycles. The lowest BCUT2D eigenvalue weighted by Gasteiger charge is -2.00. The van der Waals surface area contributed by atoms with Crippen molar-refractivity contribution in [3.05, 3.63) is 18.0 Å². The predicted octanol–water partition coefficient (Wildman–Crippen LogP) is 0.848. The maximum Gasteiger partial charge on any atom is 0.0917 e. The van der Waals surface area contributed by atoms with Gasteiger partial charge in [0.25, 0.3) is 0 Å². The minimum atomic E-state index is -0.436. The number of aryl methyl sites for hydroxylation is 1. The monoisotopic (exact) mass is 204 g/mol. The Morgan fingerprint density at radius 1 is 1.90 bits per heavy atom. The minimum Gasteiger partial charge on any atom is -0.387 e. The molecule has 0 bridgehead atoms. The molecule has 0 aromatic carbocycles. The number of rotatable bonds is 2. The molecule has 10 heavy (non-hydrogen) atoms. The van der Waals surface area contributed by atoms with E-state index in [0.717, 1.165) is 5.56 Å². The Balaban J connectivity index is 2.74. The van der Waals surface area contributed by atoms with E-state index in [1.807, 2.05) is 7.05 Å². The van der Waals surface area contributed by atoms with E-state index in [0.29, 0.717) is 5.33 Å². The van der Waals surface area contributed by atoms with Crippen molar-refractivity contribution in [3.63, 3.8) is 0 Å². The molecule has 0 radical (unpaired) electrons. The normalized spacial score (nSPS) is 13.5. The van der Waals surface area contributed by atoms with Crippen molar-refractivity contribution >= 4 is 15.9 Å². The number of hydrogen-bond donors (Lipinski definition) is 1. The van der Waals surface area contributed by atoms with Crippen molar-refractivity contribution in [2.45, 2.75) is 6.10 Å². The fraction of sp³-hybridized carbons (Fsp3) is 0.500. The fourth-order valence-electron chi connectivity index (χ4n) is 0.701. The van der Waals surface area contributed by atoms with E-state index in [1.165, 1.54) is 0 Å². The second-order valence-electron chi connectivity index (χ2n) is 2.12. The predicted molar refractivity (Wildman–Crippen MR) is 42.0 cm³/mol. The second kappa shape index (κ2) is 3.16. The number of aromatic nitrogens is 2. The summed E-state index contributed by atoms with van der Waals surface area (Å²) >= 11 is 3.17. The third-order valence-corrected chi connectivity index (χ3v) is 1.87. The molecule has 56 valence electrons. The second-order valence-corrected chi connectivity index (χ2v) is 2.76. The standard InChI is InChI=1S/C6H9BrN2O/c1-9-4-5(3-8-9)6(10)2-7/h3-4,6,10H,2H2,1H3/t6-/m0/s1. The summed E-state index contributed by atoms with van der Waals surface area (Å²) in [7, 11) is 1.82. The average molecular weight is 205 g/mol. The van der Waals surface area contributed by atoms with E-state index < -0.39 is 6.10 Å². The quantitative estimate of drug-likeness (QED) is 0.726. The Kier molecular flexibility index (Phi) is 2.45. The van der Waals surface area contributed by atoms with Gasteiger partial charge >= 0.3 is 0 Å². The summed E-state index contributed by atoms with van der Waals surface area (Å²) in [5.74, 6) is 0. The van der Waals surface area contributed by atoms with E-state index in [1.54, 1.807) is 17.1 Å². The van der Waals surface area contributed by atoms with Crippen LogP contribution in [-0.2, 0) is 7.05 Å². The molecule has 3 nitrogen and oxygen atoms in total. The first-order valence-electron chi connectivity index (χ1n) is 2.96. The van der Waals surface area contributed by atoms with E-state index >= 15 is 0 Å². The van der Waals surface area contributed by atoms with Crippen molar-refractivity contribution in [1.29, 1.82) is 0 Å². The van der Waals surface area contributed by atoms with Gasteiger partial charge < -0.3 is 5.11 Å². The Hall–Kier alpha value is -0.350. The zero-order chi connectivity index (χ0) is 7.56. The van der Waals surface area contributed by atoms with E-state index in [4.69, 9.17) is 0 Å². The smallest absolute Gasteiger partial charge is 0.0917 e. The average Bonchev–Trinajstić information content (AvgIpc) is 2.34. The summed E-state index contributed by atoms with van der Waals surface area (Å²) in [6.45, 7) is 0. The molecule has 1 heterocycles. The maximum absolute atomic E-state index is 9.24. The number of alkyl halides is 1. The molecule has 0 saturated heterocycles. The van der Waals surface area contributed by atoms with Crippen molar-refractivity contribution in [3.8, 4) is 0 Å². The Bertz CT molecular complexity index is 211. The topological polar surface area (TPSA) is 38.0 Å². The molecule has 0 aliphatic carbocycles. The molecule has 0 aliphatic rings. The summed E-state index contributed by atoms with van der Waals surface area (Å²) < 4.78 is 1.67. The highest BCUT2D eigenvalue weighted by atomic mass is 79.9. The highest BCUT2D eigenvalue weighted by Gasteiger charge is 2.05.